The van der Waals surface area contributed by atoms with Gasteiger partial charge < -0.3 is 19.3 Å². The topological polar surface area (TPSA) is 24.9 Å². The molecule has 0 aliphatic carbocycles. The predicted octanol–water partition coefficient (Wildman–Crippen LogP) is 11.8. The summed E-state index contributed by atoms with van der Waals surface area (Å²) >= 11 is 0. The lowest BCUT2D eigenvalue weighted by Crippen LogP contribution is -2.11. The average molecular weight is 661 g/mol. The van der Waals surface area contributed by atoms with Gasteiger partial charge in [-0.15, -0.1) is 0 Å². The smallest absolute Gasteiger partial charge is 0.0502 e. The van der Waals surface area contributed by atoms with Crippen molar-refractivity contribution in [1.82, 2.24) is 0 Å². The molecule has 6 aromatic carbocycles. The molecular formula is C46H48N2O2. The molecule has 0 radical (unpaired) electrons. The number of ether oxygens (including phenoxy) is 2. The molecule has 50 heavy (non-hydrogen) atoms. The summed E-state index contributed by atoms with van der Waals surface area (Å²) in [6, 6.07) is 53.2. The summed E-state index contributed by atoms with van der Waals surface area (Å²) in [6.45, 7) is 5.79. The van der Waals surface area contributed by atoms with E-state index < -0.39 is 0 Å². The monoisotopic (exact) mass is 660 g/mol. The van der Waals surface area contributed by atoms with E-state index in [4.69, 9.17) is 9.47 Å². The molecule has 0 saturated carbocycles. The molecular weight excluding hydrogens is 613 g/mol. The number of benzene rings is 6. The van der Waals surface area contributed by atoms with Crippen LogP contribution in [0, 0.1) is 0 Å². The molecule has 0 fully saturated rings. The molecule has 0 amide bonds. The van der Waals surface area contributed by atoms with Crippen molar-refractivity contribution in [3.63, 3.8) is 0 Å². The normalized spacial score (nSPS) is 11.0. The van der Waals surface area contributed by atoms with E-state index in [0.717, 1.165) is 59.8 Å². The Bertz CT molecular complexity index is 1790. The number of nitrogens with zero attached hydrogens (tertiary/aromatic N) is 2. The van der Waals surface area contributed by atoms with Crippen LogP contribution in [0.3, 0.4) is 0 Å². The van der Waals surface area contributed by atoms with Crippen molar-refractivity contribution >= 4 is 34.1 Å². The summed E-state index contributed by atoms with van der Waals surface area (Å²) in [7, 11) is 3.51. The van der Waals surface area contributed by atoms with Crippen LogP contribution in [0.2, 0.25) is 0 Å². The molecule has 4 heteroatoms. The Morgan fingerprint density at radius 1 is 0.380 bits per heavy atom. The summed E-state index contributed by atoms with van der Waals surface area (Å²) < 4.78 is 10.7. The fraction of sp³-hybridized carbons (Fsp3) is 0.217. The number of hydrogen-bond donors (Lipinski definition) is 0. The van der Waals surface area contributed by atoms with Crippen LogP contribution in [-0.2, 0) is 35.2 Å². The van der Waals surface area contributed by atoms with Gasteiger partial charge in [-0.05, 0) is 132 Å². The van der Waals surface area contributed by atoms with Gasteiger partial charge in [-0.1, -0.05) is 86.6 Å². The maximum absolute atomic E-state index is 5.37. The number of anilines is 6. The predicted molar refractivity (Wildman–Crippen MR) is 211 cm³/mol. The van der Waals surface area contributed by atoms with E-state index in [1.807, 2.05) is 0 Å². The molecule has 0 bridgehead atoms. The first-order valence-corrected chi connectivity index (χ1v) is 17.7. The maximum Gasteiger partial charge on any atom is 0.0502 e. The Morgan fingerprint density at radius 2 is 0.720 bits per heavy atom. The van der Waals surface area contributed by atoms with Crippen LogP contribution in [0.25, 0.3) is 11.1 Å². The number of aryl methyl sites for hydroxylation is 2. The summed E-state index contributed by atoms with van der Waals surface area (Å²) in [5, 5.41) is 0. The molecule has 0 N–H and O–H groups in total. The van der Waals surface area contributed by atoms with Gasteiger partial charge in [0, 0.05) is 48.3 Å². The molecule has 0 aromatic heterocycles. The third-order valence-electron chi connectivity index (χ3n) is 9.32. The maximum atomic E-state index is 5.37. The Balaban J connectivity index is 1.31. The SMILES string of the molecule is CCc1ccc(N(c2ccc(-c3ccc(N(c4ccc(CC)cc4)c4cccc(CCOC)c4)cc3)cc2)c2cccc(CCOC)c2)cc1. The van der Waals surface area contributed by atoms with Gasteiger partial charge in [0.1, 0.15) is 0 Å². The van der Waals surface area contributed by atoms with E-state index in [2.05, 4.69) is 169 Å². The zero-order valence-corrected chi connectivity index (χ0v) is 29.8. The zero-order chi connectivity index (χ0) is 34.7. The lowest BCUT2D eigenvalue weighted by molar-refractivity contribution is 0.202. The highest BCUT2D eigenvalue weighted by atomic mass is 16.5. The minimum absolute atomic E-state index is 0.700. The minimum Gasteiger partial charge on any atom is -0.384 e. The van der Waals surface area contributed by atoms with Gasteiger partial charge in [-0.25, -0.2) is 0 Å². The molecule has 0 heterocycles. The number of methoxy groups -OCH3 is 2. The highest BCUT2D eigenvalue weighted by Crippen LogP contribution is 2.38. The summed E-state index contributed by atoms with van der Waals surface area (Å²) in [6.07, 6.45) is 3.79. The first-order valence-electron chi connectivity index (χ1n) is 17.7. The van der Waals surface area contributed by atoms with Crippen molar-refractivity contribution in [2.45, 2.75) is 39.5 Å². The van der Waals surface area contributed by atoms with Crippen molar-refractivity contribution in [2.75, 3.05) is 37.2 Å². The highest BCUT2D eigenvalue weighted by Gasteiger charge is 2.16. The molecule has 0 aliphatic rings. The van der Waals surface area contributed by atoms with Crippen LogP contribution in [0.15, 0.2) is 146 Å². The van der Waals surface area contributed by atoms with E-state index in [1.54, 1.807) is 14.2 Å². The zero-order valence-electron chi connectivity index (χ0n) is 29.8. The molecule has 0 spiro atoms. The second-order valence-corrected chi connectivity index (χ2v) is 12.6. The van der Waals surface area contributed by atoms with Gasteiger partial charge >= 0.3 is 0 Å². The number of hydrogen-bond acceptors (Lipinski definition) is 4. The van der Waals surface area contributed by atoms with Gasteiger partial charge in [0.05, 0.1) is 13.2 Å². The Kier molecular flexibility index (Phi) is 11.8. The van der Waals surface area contributed by atoms with Crippen LogP contribution >= 0.6 is 0 Å². The van der Waals surface area contributed by atoms with Crippen LogP contribution < -0.4 is 9.80 Å². The lowest BCUT2D eigenvalue weighted by Gasteiger charge is -2.27. The second kappa shape index (κ2) is 17.0. The fourth-order valence-corrected chi connectivity index (χ4v) is 6.40. The van der Waals surface area contributed by atoms with Crippen LogP contribution in [0.4, 0.5) is 34.1 Å². The van der Waals surface area contributed by atoms with Crippen LogP contribution in [-0.4, -0.2) is 27.4 Å². The third kappa shape index (κ3) is 8.34. The highest BCUT2D eigenvalue weighted by molar-refractivity contribution is 5.81. The Morgan fingerprint density at radius 3 is 1.04 bits per heavy atom. The largest absolute Gasteiger partial charge is 0.384 e. The molecule has 0 saturated heterocycles. The molecule has 0 atom stereocenters. The fourth-order valence-electron chi connectivity index (χ4n) is 6.40. The van der Waals surface area contributed by atoms with E-state index in [0.29, 0.717) is 13.2 Å². The second-order valence-electron chi connectivity index (χ2n) is 12.6. The third-order valence-corrected chi connectivity index (χ3v) is 9.32. The van der Waals surface area contributed by atoms with Crippen molar-refractivity contribution in [2.24, 2.45) is 0 Å². The van der Waals surface area contributed by atoms with E-state index in [-0.39, 0.29) is 0 Å². The molecule has 0 aliphatic heterocycles. The average Bonchev–Trinajstić information content (AvgIpc) is 3.18. The quantitative estimate of drug-likeness (QED) is 0.109. The van der Waals surface area contributed by atoms with Gasteiger partial charge in [0.2, 0.25) is 0 Å². The van der Waals surface area contributed by atoms with E-state index >= 15 is 0 Å². The Hall–Kier alpha value is -5.16. The van der Waals surface area contributed by atoms with E-state index in [1.165, 1.54) is 33.4 Å². The van der Waals surface area contributed by atoms with Gasteiger partial charge in [0.15, 0.2) is 0 Å². The summed E-state index contributed by atoms with van der Waals surface area (Å²) in [4.78, 5) is 4.68. The van der Waals surface area contributed by atoms with E-state index in [9.17, 15) is 0 Å². The first-order chi connectivity index (χ1) is 24.6. The van der Waals surface area contributed by atoms with Gasteiger partial charge in [-0.2, -0.15) is 0 Å². The summed E-state index contributed by atoms with van der Waals surface area (Å²) in [5.74, 6) is 0. The van der Waals surface area contributed by atoms with Gasteiger partial charge in [0.25, 0.3) is 0 Å². The van der Waals surface area contributed by atoms with Crippen molar-refractivity contribution in [3.8, 4) is 11.1 Å². The minimum atomic E-state index is 0.700. The Labute approximate surface area is 298 Å². The molecule has 4 nitrogen and oxygen atoms in total. The van der Waals surface area contributed by atoms with Gasteiger partial charge in [-0.3, -0.25) is 0 Å². The van der Waals surface area contributed by atoms with Crippen molar-refractivity contribution in [3.05, 3.63) is 168 Å². The molecule has 0 unspecified atom stereocenters. The standard InChI is InChI=1S/C46H48N2O2/c1-5-35-13-21-41(22-14-35)47(45-11-7-9-37(33-45)29-31-49-3)43-25-17-39(18-26-43)40-19-27-44(28-20-40)48(42-23-15-36(6-2)16-24-42)46-12-8-10-38(34-46)30-32-50-4/h7-28,33-34H,5-6,29-32H2,1-4H3. The molecule has 254 valence electrons. The summed E-state index contributed by atoms with van der Waals surface area (Å²) in [5.41, 5.74) is 14.3. The lowest BCUT2D eigenvalue weighted by atomic mass is 10.0. The van der Waals surface area contributed by atoms with Crippen LogP contribution in [0.5, 0.6) is 0 Å². The first kappa shape index (κ1) is 34.7. The molecule has 6 aromatic rings. The number of rotatable bonds is 15. The van der Waals surface area contributed by atoms with Crippen molar-refractivity contribution in [1.29, 1.82) is 0 Å². The molecule has 6 rings (SSSR count). The van der Waals surface area contributed by atoms with Crippen molar-refractivity contribution < 1.29 is 9.47 Å². The van der Waals surface area contributed by atoms with Crippen LogP contribution in [0.1, 0.15) is 36.1 Å².